The van der Waals surface area contributed by atoms with Gasteiger partial charge in [-0.05, 0) is 51.9 Å². The molecule has 1 heterocycles. The molecule has 0 spiro atoms. The summed E-state index contributed by atoms with van der Waals surface area (Å²) in [4.78, 5) is 3.28. The van der Waals surface area contributed by atoms with Crippen molar-refractivity contribution >= 4 is 0 Å². The van der Waals surface area contributed by atoms with Gasteiger partial charge in [0, 0.05) is 28.2 Å². The Morgan fingerprint density at radius 1 is 0.492 bits per heavy atom. The Kier molecular flexibility index (Phi) is 12.5. The van der Waals surface area contributed by atoms with E-state index in [0.29, 0.717) is 59.7 Å². The molecular formula is C50H43N3O6. The predicted octanol–water partition coefficient (Wildman–Crippen LogP) is 11.9. The minimum Gasteiger partial charge on any atom is -0.489 e. The summed E-state index contributed by atoms with van der Waals surface area (Å²) in [6.07, 6.45) is -0.383. The average molecular weight is 782 g/mol. The normalized spacial score (nSPS) is 14.2. The Morgan fingerprint density at radius 3 is 1.34 bits per heavy atom. The Bertz CT molecular complexity index is 2400. The van der Waals surface area contributed by atoms with Crippen molar-refractivity contribution in [3.63, 3.8) is 0 Å². The van der Waals surface area contributed by atoms with Crippen molar-refractivity contribution in [3.05, 3.63) is 225 Å². The Labute approximate surface area is 344 Å². The minimum absolute atomic E-state index is 0.280. The van der Waals surface area contributed by atoms with E-state index in [1.54, 1.807) is 0 Å². The fourth-order valence-corrected chi connectivity index (χ4v) is 6.90. The van der Waals surface area contributed by atoms with Gasteiger partial charge in [-0.25, -0.2) is 0 Å². The van der Waals surface area contributed by atoms with Gasteiger partial charge in [0.1, 0.15) is 56.4 Å². The van der Waals surface area contributed by atoms with Gasteiger partial charge in [-0.1, -0.05) is 157 Å². The number of nitrogens with zero attached hydrogens (tertiary/aromatic N) is 3. The summed E-state index contributed by atoms with van der Waals surface area (Å²) in [5.74, 6) is 3.12. The number of ether oxygens (including phenoxy) is 6. The van der Waals surface area contributed by atoms with Crippen LogP contribution in [0.4, 0.5) is 0 Å². The van der Waals surface area contributed by atoms with E-state index in [1.807, 2.05) is 176 Å². The Morgan fingerprint density at radius 2 is 0.898 bits per heavy atom. The number of benzene rings is 7. The molecule has 7 aromatic carbocycles. The molecule has 0 amide bonds. The Hall–Kier alpha value is -7.35. The summed E-state index contributed by atoms with van der Waals surface area (Å²) in [5.41, 5.74) is 16.4. The van der Waals surface area contributed by atoms with Crippen LogP contribution < -0.4 is 28.4 Å². The van der Waals surface area contributed by atoms with Gasteiger partial charge >= 0.3 is 0 Å². The van der Waals surface area contributed by atoms with Gasteiger partial charge in [-0.3, -0.25) is 0 Å². The monoisotopic (exact) mass is 781 g/mol. The number of hydrogen-bond acceptors (Lipinski definition) is 7. The molecule has 7 aromatic rings. The molecule has 0 saturated carbocycles. The minimum atomic E-state index is -0.730. The smallest absolute Gasteiger partial charge is 0.203 e. The maximum Gasteiger partial charge on any atom is 0.203 e. The van der Waals surface area contributed by atoms with Crippen LogP contribution in [0.1, 0.15) is 45.0 Å². The van der Waals surface area contributed by atoms with Gasteiger partial charge in [0.25, 0.3) is 0 Å². The molecule has 0 saturated heterocycles. The summed E-state index contributed by atoms with van der Waals surface area (Å²) in [7, 11) is 0. The lowest BCUT2D eigenvalue weighted by molar-refractivity contribution is 0.147. The molecule has 294 valence electrons. The lowest BCUT2D eigenvalue weighted by Gasteiger charge is -2.33. The van der Waals surface area contributed by atoms with Crippen molar-refractivity contribution in [2.45, 2.75) is 51.6 Å². The van der Waals surface area contributed by atoms with Crippen LogP contribution >= 0.6 is 0 Å². The van der Waals surface area contributed by atoms with Crippen molar-refractivity contribution in [1.29, 1.82) is 0 Å². The van der Waals surface area contributed by atoms with Gasteiger partial charge < -0.3 is 28.4 Å². The third kappa shape index (κ3) is 10.2. The maximum absolute atomic E-state index is 9.91. The highest BCUT2D eigenvalue weighted by atomic mass is 16.5. The summed E-state index contributed by atoms with van der Waals surface area (Å²) in [5, 5.41) is 4.30. The van der Waals surface area contributed by atoms with Crippen LogP contribution in [-0.2, 0) is 39.5 Å². The van der Waals surface area contributed by atoms with E-state index in [9.17, 15) is 5.53 Å². The van der Waals surface area contributed by atoms with Crippen LogP contribution in [0, 0.1) is 0 Å². The number of hydrogen-bond donors (Lipinski definition) is 0. The maximum atomic E-state index is 9.91. The largest absolute Gasteiger partial charge is 0.489 e. The van der Waals surface area contributed by atoms with Crippen LogP contribution in [0.15, 0.2) is 181 Å². The van der Waals surface area contributed by atoms with Crippen LogP contribution in [0.3, 0.4) is 0 Å². The van der Waals surface area contributed by atoms with E-state index >= 15 is 0 Å². The SMILES string of the molecule is [N-]=[N+]=NC1Cc2c(OCc3ccccc3)cc(OCc3ccccc3)cc2O[C@@H]1c1cc(OCc2ccccc2)c(OCc2ccccc2)c(OCc2ccccc2)c1. The van der Waals surface area contributed by atoms with E-state index in [-0.39, 0.29) is 19.8 Å². The molecular weight excluding hydrogens is 739 g/mol. The molecule has 0 radical (unpaired) electrons. The van der Waals surface area contributed by atoms with E-state index in [0.717, 1.165) is 33.4 Å². The van der Waals surface area contributed by atoms with Gasteiger partial charge in [-0.15, -0.1) is 0 Å². The van der Waals surface area contributed by atoms with Gasteiger partial charge in [-0.2, -0.15) is 0 Å². The molecule has 59 heavy (non-hydrogen) atoms. The molecule has 2 atom stereocenters. The lowest BCUT2D eigenvalue weighted by Crippen LogP contribution is -2.29. The second-order valence-corrected chi connectivity index (χ2v) is 14.1. The quantitative estimate of drug-likeness (QED) is 0.0518. The van der Waals surface area contributed by atoms with Crippen LogP contribution in [-0.4, -0.2) is 6.04 Å². The second-order valence-electron chi connectivity index (χ2n) is 14.1. The van der Waals surface area contributed by atoms with Crippen LogP contribution in [0.5, 0.6) is 34.5 Å². The van der Waals surface area contributed by atoms with Crippen molar-refractivity contribution < 1.29 is 28.4 Å². The first-order valence-corrected chi connectivity index (χ1v) is 19.6. The first-order valence-electron chi connectivity index (χ1n) is 19.6. The number of rotatable bonds is 17. The van der Waals surface area contributed by atoms with Crippen molar-refractivity contribution in [1.82, 2.24) is 0 Å². The standard InChI is InChI=1S/C50H43N3O6/c51-53-52-44-30-43-45(55-32-37-18-8-2-9-19-37)28-42(54-31-36-16-6-1-7-17-36)29-46(43)59-49(44)41-26-47(56-33-38-20-10-3-11-21-38)50(58-35-40-24-14-5-15-25-40)48(27-41)57-34-39-22-12-4-13-23-39/h1-29,44,49H,30-35H2/t44?,49-/m1/s1. The molecule has 0 aromatic heterocycles. The molecule has 1 aliphatic rings. The summed E-state index contributed by atoms with van der Waals surface area (Å²) < 4.78 is 39.4. The second kappa shape index (κ2) is 19.2. The van der Waals surface area contributed by atoms with E-state index in [4.69, 9.17) is 28.4 Å². The van der Waals surface area contributed by atoms with Gasteiger partial charge in [0.15, 0.2) is 11.5 Å². The van der Waals surface area contributed by atoms with Crippen molar-refractivity contribution in [2.24, 2.45) is 5.11 Å². The zero-order valence-corrected chi connectivity index (χ0v) is 32.4. The van der Waals surface area contributed by atoms with Crippen LogP contribution in [0.25, 0.3) is 10.4 Å². The summed E-state index contributed by atoms with van der Waals surface area (Å²) >= 11 is 0. The van der Waals surface area contributed by atoms with Gasteiger partial charge in [0.05, 0.1) is 6.04 Å². The summed E-state index contributed by atoms with van der Waals surface area (Å²) in [6, 6.07) is 56.7. The molecule has 0 aliphatic carbocycles. The molecule has 1 aliphatic heterocycles. The van der Waals surface area contributed by atoms with Crippen molar-refractivity contribution in [2.75, 3.05) is 0 Å². The highest BCUT2D eigenvalue weighted by Gasteiger charge is 2.35. The zero-order chi connectivity index (χ0) is 40.1. The molecule has 0 fully saturated rings. The Balaban J connectivity index is 1.18. The average Bonchev–Trinajstić information content (AvgIpc) is 3.29. The third-order valence-electron chi connectivity index (χ3n) is 9.92. The van der Waals surface area contributed by atoms with Crippen LogP contribution in [0.2, 0.25) is 0 Å². The molecule has 8 rings (SSSR count). The summed E-state index contributed by atoms with van der Waals surface area (Å²) in [6.45, 7) is 1.54. The zero-order valence-electron chi connectivity index (χ0n) is 32.4. The van der Waals surface area contributed by atoms with E-state index in [2.05, 4.69) is 10.0 Å². The van der Waals surface area contributed by atoms with E-state index in [1.165, 1.54) is 0 Å². The first kappa shape index (κ1) is 38.5. The topological polar surface area (TPSA) is 104 Å². The lowest BCUT2D eigenvalue weighted by atomic mass is 9.92. The number of azide groups is 1. The fourth-order valence-electron chi connectivity index (χ4n) is 6.90. The third-order valence-corrected chi connectivity index (χ3v) is 9.92. The van der Waals surface area contributed by atoms with Gasteiger partial charge in [0.2, 0.25) is 5.75 Å². The molecule has 1 unspecified atom stereocenters. The fraction of sp³-hybridized carbons (Fsp3) is 0.160. The predicted molar refractivity (Wildman–Crippen MR) is 227 cm³/mol. The highest BCUT2D eigenvalue weighted by molar-refractivity contribution is 5.57. The first-order chi connectivity index (χ1) is 29.2. The highest BCUT2D eigenvalue weighted by Crippen LogP contribution is 2.48. The van der Waals surface area contributed by atoms with Crippen molar-refractivity contribution in [3.8, 4) is 34.5 Å². The molecule has 0 bridgehead atoms. The van der Waals surface area contributed by atoms with E-state index < -0.39 is 12.1 Å². The molecule has 0 N–H and O–H groups in total. The molecule has 9 heteroatoms. The number of fused-ring (bicyclic) bond motifs is 1. The molecule has 9 nitrogen and oxygen atoms in total.